The summed E-state index contributed by atoms with van der Waals surface area (Å²) in [6, 6.07) is 6.18. The molecule has 36 heavy (non-hydrogen) atoms. The summed E-state index contributed by atoms with van der Waals surface area (Å²) in [5, 5.41) is 15.6. The smallest absolute Gasteiger partial charge is 0.315 e. The number of aromatic nitrogens is 2. The van der Waals surface area contributed by atoms with Crippen molar-refractivity contribution in [2.24, 2.45) is 11.3 Å². The van der Waals surface area contributed by atoms with E-state index in [9.17, 15) is 19.5 Å². The number of carboxylic acids is 1. The molecule has 1 aliphatic heterocycles. The van der Waals surface area contributed by atoms with Gasteiger partial charge in [0.1, 0.15) is 11.8 Å². The Balaban J connectivity index is 1.39. The number of carbonyl (C=O) groups is 3. The van der Waals surface area contributed by atoms with Gasteiger partial charge in [-0.3, -0.25) is 9.59 Å². The maximum atomic E-state index is 13.5. The van der Waals surface area contributed by atoms with E-state index in [1.165, 1.54) is 0 Å². The fraction of sp³-hybridized carbons (Fsp3) is 0.538. The predicted octanol–water partition coefficient (Wildman–Crippen LogP) is 2.36. The average Bonchev–Trinajstić information content (AvgIpc) is 3.54. The summed E-state index contributed by atoms with van der Waals surface area (Å²) in [4.78, 5) is 47.0. The number of amides is 3. The van der Waals surface area contributed by atoms with E-state index in [0.717, 1.165) is 24.1 Å². The van der Waals surface area contributed by atoms with E-state index in [-0.39, 0.29) is 5.91 Å². The molecule has 2 aliphatic rings. The highest BCUT2D eigenvalue weighted by Gasteiger charge is 2.46. The number of hydrogen-bond acceptors (Lipinski definition) is 5. The van der Waals surface area contributed by atoms with Crippen LogP contribution in [0.15, 0.2) is 36.8 Å². The number of H-pyrrole nitrogens is 1. The quantitative estimate of drug-likeness (QED) is 0.376. The monoisotopic (exact) mass is 497 g/mol. The minimum absolute atomic E-state index is 0.196. The Morgan fingerprint density at radius 1 is 1.22 bits per heavy atom. The van der Waals surface area contributed by atoms with E-state index in [0.29, 0.717) is 63.4 Å². The molecule has 0 bridgehead atoms. The van der Waals surface area contributed by atoms with Crippen molar-refractivity contribution in [3.05, 3.63) is 48.0 Å². The number of benzene rings is 1. The Bertz CT molecular complexity index is 1030. The SMILES string of the molecule is COc1ccc(CC(NC(=O)NCCc2c[nH]cn2)C(=O)N2CCC(CC3CC3)(C(=O)O)CC2)cc1. The molecule has 2 aromatic rings. The Labute approximate surface area is 210 Å². The number of carboxylic acid groups (broad SMARTS) is 1. The maximum Gasteiger partial charge on any atom is 0.315 e. The lowest BCUT2D eigenvalue weighted by Gasteiger charge is -2.40. The van der Waals surface area contributed by atoms with Gasteiger partial charge in [-0.25, -0.2) is 9.78 Å². The van der Waals surface area contributed by atoms with Gasteiger partial charge in [0.05, 0.1) is 24.5 Å². The van der Waals surface area contributed by atoms with E-state index in [2.05, 4.69) is 20.6 Å². The third kappa shape index (κ3) is 6.56. The molecule has 1 unspecified atom stereocenters. The van der Waals surface area contributed by atoms with Gasteiger partial charge in [0.2, 0.25) is 5.91 Å². The van der Waals surface area contributed by atoms with Gasteiger partial charge in [-0.15, -0.1) is 0 Å². The number of carbonyl (C=O) groups excluding carboxylic acids is 2. The zero-order chi connectivity index (χ0) is 25.5. The lowest BCUT2D eigenvalue weighted by atomic mass is 9.74. The molecule has 10 heteroatoms. The number of methoxy groups -OCH3 is 1. The highest BCUT2D eigenvalue weighted by Crippen LogP contribution is 2.45. The molecular weight excluding hydrogens is 462 g/mol. The molecule has 1 aromatic heterocycles. The van der Waals surface area contributed by atoms with Crippen molar-refractivity contribution in [2.75, 3.05) is 26.7 Å². The molecular formula is C26H35N5O5. The van der Waals surface area contributed by atoms with Gasteiger partial charge in [0, 0.05) is 38.7 Å². The molecule has 10 nitrogen and oxygen atoms in total. The number of rotatable bonds is 11. The van der Waals surface area contributed by atoms with E-state index >= 15 is 0 Å². The van der Waals surface area contributed by atoms with Crippen molar-refractivity contribution < 1.29 is 24.2 Å². The van der Waals surface area contributed by atoms with Gasteiger partial charge < -0.3 is 30.4 Å². The minimum atomic E-state index is -0.774. The molecule has 1 aliphatic carbocycles. The van der Waals surface area contributed by atoms with Crippen LogP contribution in [-0.4, -0.2) is 70.7 Å². The standard InChI is InChI=1S/C26H35N5O5/c1-36-21-6-4-18(5-7-21)14-22(30-25(35)28-11-8-20-16-27-17-29-20)23(32)31-12-9-26(10-13-31,24(33)34)15-19-2-3-19/h4-7,16-17,19,22H,2-3,8-15H2,1H3,(H,27,29)(H,33,34)(H2,28,30,35). The number of hydrogen-bond donors (Lipinski definition) is 4. The van der Waals surface area contributed by atoms with E-state index in [4.69, 9.17) is 4.74 Å². The van der Waals surface area contributed by atoms with Gasteiger partial charge >= 0.3 is 12.0 Å². The first kappa shape index (κ1) is 25.5. The van der Waals surface area contributed by atoms with Crippen molar-refractivity contribution in [1.29, 1.82) is 0 Å². The molecule has 1 saturated carbocycles. The van der Waals surface area contributed by atoms with Crippen LogP contribution in [0.5, 0.6) is 5.75 Å². The Hall–Kier alpha value is -3.56. The highest BCUT2D eigenvalue weighted by molar-refractivity contribution is 5.87. The third-order valence-corrected chi connectivity index (χ3v) is 7.29. The molecule has 3 amide bonds. The summed E-state index contributed by atoms with van der Waals surface area (Å²) in [5.74, 6) is 0.254. The molecule has 1 aromatic carbocycles. The second-order valence-corrected chi connectivity index (χ2v) is 9.87. The fourth-order valence-electron chi connectivity index (χ4n) is 4.89. The largest absolute Gasteiger partial charge is 0.497 e. The average molecular weight is 498 g/mol. The van der Waals surface area contributed by atoms with Gasteiger partial charge in [0.15, 0.2) is 0 Å². The van der Waals surface area contributed by atoms with Gasteiger partial charge in [-0.1, -0.05) is 25.0 Å². The summed E-state index contributed by atoms with van der Waals surface area (Å²) in [6.07, 6.45) is 8.01. The van der Waals surface area contributed by atoms with Crippen molar-refractivity contribution in [1.82, 2.24) is 25.5 Å². The van der Waals surface area contributed by atoms with Crippen molar-refractivity contribution >= 4 is 17.9 Å². The van der Waals surface area contributed by atoms with E-state index in [1.54, 1.807) is 24.5 Å². The van der Waals surface area contributed by atoms with Crippen LogP contribution in [0.3, 0.4) is 0 Å². The first-order valence-corrected chi connectivity index (χ1v) is 12.6. The van der Waals surface area contributed by atoms with Crippen molar-refractivity contribution in [2.45, 2.75) is 51.0 Å². The molecule has 4 N–H and O–H groups in total. The molecule has 0 spiro atoms. The second-order valence-electron chi connectivity index (χ2n) is 9.87. The summed E-state index contributed by atoms with van der Waals surface area (Å²) >= 11 is 0. The van der Waals surface area contributed by atoms with Crippen LogP contribution < -0.4 is 15.4 Å². The number of ether oxygens (including phenoxy) is 1. The highest BCUT2D eigenvalue weighted by atomic mass is 16.5. The normalized spacial score (nSPS) is 17.8. The number of nitrogens with one attached hydrogen (secondary N) is 3. The summed E-state index contributed by atoms with van der Waals surface area (Å²) in [6.45, 7) is 1.13. The number of likely N-dealkylation sites (tertiary alicyclic amines) is 1. The van der Waals surface area contributed by atoms with E-state index < -0.39 is 23.5 Å². The van der Waals surface area contributed by atoms with Crippen molar-refractivity contribution in [3.63, 3.8) is 0 Å². The molecule has 2 fully saturated rings. The molecule has 4 rings (SSSR count). The predicted molar refractivity (Wildman–Crippen MR) is 133 cm³/mol. The number of aliphatic carboxylic acids is 1. The zero-order valence-corrected chi connectivity index (χ0v) is 20.7. The third-order valence-electron chi connectivity index (χ3n) is 7.29. The van der Waals surface area contributed by atoms with Crippen molar-refractivity contribution in [3.8, 4) is 5.75 Å². The molecule has 194 valence electrons. The van der Waals surface area contributed by atoms with Crippen LogP contribution in [-0.2, 0) is 22.4 Å². The number of urea groups is 1. The summed E-state index contributed by atoms with van der Waals surface area (Å²) in [7, 11) is 1.59. The number of piperidine rings is 1. The zero-order valence-electron chi connectivity index (χ0n) is 20.7. The molecule has 0 radical (unpaired) electrons. The molecule has 2 heterocycles. The number of aromatic amines is 1. The first-order valence-electron chi connectivity index (χ1n) is 12.6. The lowest BCUT2D eigenvalue weighted by molar-refractivity contribution is -0.155. The van der Waals surface area contributed by atoms with Crippen LogP contribution in [0, 0.1) is 11.3 Å². The Kier molecular flexibility index (Phi) is 8.12. The minimum Gasteiger partial charge on any atom is -0.497 e. The maximum absolute atomic E-state index is 13.5. The van der Waals surface area contributed by atoms with Crippen LogP contribution in [0.2, 0.25) is 0 Å². The summed E-state index contributed by atoms with van der Waals surface area (Å²) < 4.78 is 5.22. The fourth-order valence-corrected chi connectivity index (χ4v) is 4.89. The van der Waals surface area contributed by atoms with Crippen LogP contribution >= 0.6 is 0 Å². The lowest BCUT2D eigenvalue weighted by Crippen LogP contribution is -2.55. The van der Waals surface area contributed by atoms with Crippen LogP contribution in [0.1, 0.15) is 43.4 Å². The first-order chi connectivity index (χ1) is 17.4. The molecule has 1 saturated heterocycles. The number of imidazole rings is 1. The Morgan fingerprint density at radius 2 is 1.94 bits per heavy atom. The second kappa shape index (κ2) is 11.5. The Morgan fingerprint density at radius 3 is 2.53 bits per heavy atom. The van der Waals surface area contributed by atoms with Gasteiger partial charge in [0.25, 0.3) is 0 Å². The topological polar surface area (TPSA) is 137 Å². The number of nitrogens with zero attached hydrogens (tertiary/aromatic N) is 2. The van der Waals surface area contributed by atoms with E-state index in [1.807, 2.05) is 24.3 Å². The van der Waals surface area contributed by atoms with Crippen LogP contribution in [0.25, 0.3) is 0 Å². The van der Waals surface area contributed by atoms with Gasteiger partial charge in [-0.2, -0.15) is 0 Å². The van der Waals surface area contributed by atoms with Gasteiger partial charge in [-0.05, 0) is 42.9 Å². The summed E-state index contributed by atoms with van der Waals surface area (Å²) in [5.41, 5.74) is 0.972. The van der Waals surface area contributed by atoms with Crippen LogP contribution in [0.4, 0.5) is 4.79 Å². The molecule has 1 atom stereocenters.